The van der Waals surface area contributed by atoms with Crippen molar-refractivity contribution in [1.82, 2.24) is 9.80 Å². The summed E-state index contributed by atoms with van der Waals surface area (Å²) in [5, 5.41) is 38.4. The van der Waals surface area contributed by atoms with Crippen LogP contribution in [0.1, 0.15) is 54.4 Å². The van der Waals surface area contributed by atoms with Crippen LogP contribution in [0, 0.1) is 11.3 Å². The molecule has 1 saturated heterocycles. The predicted molar refractivity (Wildman–Crippen MR) is 155 cm³/mol. The highest BCUT2D eigenvalue weighted by Crippen LogP contribution is 2.30. The maximum absolute atomic E-state index is 12.0. The number of hydrogen-bond donors (Lipinski definition) is 3. The third-order valence-electron chi connectivity index (χ3n) is 6.42. The molecule has 8 unspecified atom stereocenters. The van der Waals surface area contributed by atoms with Crippen LogP contribution in [0.3, 0.4) is 0 Å². The first-order valence-electron chi connectivity index (χ1n) is 14.9. The Morgan fingerprint density at radius 3 is 1.80 bits per heavy atom. The molecule has 45 heavy (non-hydrogen) atoms. The summed E-state index contributed by atoms with van der Waals surface area (Å²) in [6.45, 7) is 9.87. The van der Waals surface area contributed by atoms with Gasteiger partial charge in [-0.2, -0.15) is 5.26 Å². The average molecular weight is 648 g/mol. The van der Waals surface area contributed by atoms with Gasteiger partial charge in [0.15, 0.2) is 30.7 Å². The lowest BCUT2D eigenvalue weighted by Crippen LogP contribution is -2.63. The summed E-state index contributed by atoms with van der Waals surface area (Å²) in [6, 6.07) is 1.77. The number of nitrogens with zero attached hydrogens (tertiary/aromatic N) is 3. The third-order valence-corrected chi connectivity index (χ3v) is 6.42. The van der Waals surface area contributed by atoms with Crippen LogP contribution in [0.4, 0.5) is 0 Å². The molecule has 0 aliphatic carbocycles. The number of aliphatic hydroxyl groups excluding tert-OH is 3. The van der Waals surface area contributed by atoms with Crippen molar-refractivity contribution in [2.75, 3.05) is 52.5 Å². The first kappa shape index (κ1) is 40.1. The standard InChI is InChI=1S/C29H49N3O13/c1-18(33)14-31(9-7-10-32(15-19(2)34)16-24(39)13-30)11-8-12-40-29-28(44-23(6)38)27(43-22(5)37)26(42-21(4)36)25(45-29)17-41-20(3)35/h18-19,24-29,33-34,39H,7-12,14-17H2,1-6H3. The Hall–Kier alpha value is -2.91. The van der Waals surface area contributed by atoms with Gasteiger partial charge in [0.1, 0.15) is 12.7 Å². The van der Waals surface area contributed by atoms with Crippen molar-refractivity contribution in [3.05, 3.63) is 0 Å². The number of hydrogen-bond acceptors (Lipinski definition) is 16. The van der Waals surface area contributed by atoms with Crippen molar-refractivity contribution in [2.45, 2.75) is 103 Å². The van der Waals surface area contributed by atoms with E-state index in [0.29, 0.717) is 45.6 Å². The van der Waals surface area contributed by atoms with Crippen molar-refractivity contribution in [1.29, 1.82) is 5.26 Å². The van der Waals surface area contributed by atoms with Gasteiger partial charge in [0.05, 0.1) is 24.9 Å². The van der Waals surface area contributed by atoms with E-state index >= 15 is 0 Å². The molecule has 16 heteroatoms. The molecule has 16 nitrogen and oxygen atoms in total. The number of carbonyl (C=O) groups is 4. The van der Waals surface area contributed by atoms with Gasteiger partial charge in [0.25, 0.3) is 0 Å². The van der Waals surface area contributed by atoms with Crippen molar-refractivity contribution in [3.8, 4) is 6.07 Å². The summed E-state index contributed by atoms with van der Waals surface area (Å²) < 4.78 is 33.1. The Balaban J connectivity index is 2.97. The zero-order valence-electron chi connectivity index (χ0n) is 27.0. The normalized spacial score (nSPS) is 23.5. The number of esters is 4. The van der Waals surface area contributed by atoms with Gasteiger partial charge in [-0.05, 0) is 39.8 Å². The molecule has 1 aliphatic heterocycles. The third kappa shape index (κ3) is 16.8. The van der Waals surface area contributed by atoms with E-state index in [1.54, 1.807) is 24.8 Å². The number of ether oxygens (including phenoxy) is 6. The quantitative estimate of drug-likeness (QED) is 0.0633. The largest absolute Gasteiger partial charge is 0.463 e. The van der Waals surface area contributed by atoms with E-state index in [1.165, 1.54) is 6.92 Å². The Kier molecular flexibility index (Phi) is 18.7. The van der Waals surface area contributed by atoms with E-state index in [1.807, 2.05) is 4.90 Å². The van der Waals surface area contributed by atoms with Crippen molar-refractivity contribution >= 4 is 23.9 Å². The second-order valence-corrected chi connectivity index (χ2v) is 11.0. The van der Waals surface area contributed by atoms with E-state index in [9.17, 15) is 34.5 Å². The zero-order chi connectivity index (χ0) is 34.1. The fourth-order valence-corrected chi connectivity index (χ4v) is 4.91. The maximum atomic E-state index is 12.0. The molecular formula is C29H49N3O13. The summed E-state index contributed by atoms with van der Waals surface area (Å²) in [6.07, 6.45) is -7.71. The Bertz CT molecular complexity index is 974. The lowest BCUT2D eigenvalue weighted by Gasteiger charge is -2.44. The molecule has 8 atom stereocenters. The van der Waals surface area contributed by atoms with Crippen LogP contribution in [0.5, 0.6) is 0 Å². The predicted octanol–water partition coefficient (Wildman–Crippen LogP) is -0.884. The molecule has 1 fully saturated rings. The highest BCUT2D eigenvalue weighted by atomic mass is 16.7. The smallest absolute Gasteiger partial charge is 0.303 e. The molecule has 0 spiro atoms. The lowest BCUT2D eigenvalue weighted by molar-refractivity contribution is -0.308. The fraction of sp³-hybridized carbons (Fsp3) is 0.828. The number of rotatable bonds is 20. The minimum Gasteiger partial charge on any atom is -0.463 e. The molecule has 0 saturated carbocycles. The Morgan fingerprint density at radius 2 is 1.27 bits per heavy atom. The molecule has 0 aromatic carbocycles. The maximum Gasteiger partial charge on any atom is 0.303 e. The van der Waals surface area contributed by atoms with Crippen LogP contribution >= 0.6 is 0 Å². The van der Waals surface area contributed by atoms with Gasteiger partial charge in [-0.15, -0.1) is 0 Å². The highest BCUT2D eigenvalue weighted by molar-refractivity contribution is 5.68. The molecule has 3 N–H and O–H groups in total. The molecule has 1 rings (SSSR count). The van der Waals surface area contributed by atoms with E-state index in [2.05, 4.69) is 0 Å². The van der Waals surface area contributed by atoms with Crippen LogP contribution in [0.2, 0.25) is 0 Å². The van der Waals surface area contributed by atoms with Gasteiger partial charge in [-0.25, -0.2) is 0 Å². The zero-order valence-corrected chi connectivity index (χ0v) is 27.0. The van der Waals surface area contributed by atoms with Gasteiger partial charge in [-0.3, -0.25) is 24.1 Å². The second-order valence-electron chi connectivity index (χ2n) is 11.0. The first-order valence-corrected chi connectivity index (χ1v) is 14.9. The van der Waals surface area contributed by atoms with Crippen LogP contribution in [-0.4, -0.2) is 150 Å². The Morgan fingerprint density at radius 1 is 0.756 bits per heavy atom. The molecule has 0 amide bonds. The van der Waals surface area contributed by atoms with E-state index in [4.69, 9.17) is 33.7 Å². The topological polar surface area (TPSA) is 215 Å². The van der Waals surface area contributed by atoms with E-state index < -0.39 is 72.9 Å². The average Bonchev–Trinajstić information content (AvgIpc) is 2.91. The first-order chi connectivity index (χ1) is 21.1. The molecular weight excluding hydrogens is 598 g/mol. The minimum absolute atomic E-state index is 0.0760. The molecule has 0 aromatic heterocycles. The van der Waals surface area contributed by atoms with Crippen LogP contribution in [-0.2, 0) is 47.6 Å². The molecule has 0 bridgehead atoms. The lowest BCUT2D eigenvalue weighted by atomic mass is 9.98. The molecule has 258 valence electrons. The van der Waals surface area contributed by atoms with Gasteiger partial charge in [0, 0.05) is 53.9 Å². The van der Waals surface area contributed by atoms with Crippen LogP contribution in [0.25, 0.3) is 0 Å². The van der Waals surface area contributed by atoms with Crippen molar-refractivity contribution in [3.63, 3.8) is 0 Å². The van der Waals surface area contributed by atoms with Gasteiger partial charge in [-0.1, -0.05) is 0 Å². The summed E-state index contributed by atoms with van der Waals surface area (Å²) in [5.41, 5.74) is 0. The van der Waals surface area contributed by atoms with Crippen LogP contribution in [0.15, 0.2) is 0 Å². The van der Waals surface area contributed by atoms with Crippen molar-refractivity contribution in [2.24, 2.45) is 0 Å². The van der Waals surface area contributed by atoms with Crippen molar-refractivity contribution < 1.29 is 62.9 Å². The van der Waals surface area contributed by atoms with Gasteiger partial charge >= 0.3 is 23.9 Å². The van der Waals surface area contributed by atoms with Gasteiger partial charge in [0.2, 0.25) is 0 Å². The monoisotopic (exact) mass is 647 g/mol. The SMILES string of the molecule is CC(=O)OCC1OC(OCCCN(CCCN(CC(C)O)CC(O)C#N)CC(C)O)C(OC(C)=O)C(OC(C)=O)C1OC(C)=O. The van der Waals surface area contributed by atoms with Crippen LogP contribution < -0.4 is 0 Å². The fourth-order valence-electron chi connectivity index (χ4n) is 4.91. The summed E-state index contributed by atoms with van der Waals surface area (Å²) >= 11 is 0. The van der Waals surface area contributed by atoms with E-state index in [0.717, 1.165) is 20.8 Å². The number of nitriles is 1. The highest BCUT2D eigenvalue weighted by Gasteiger charge is 2.52. The number of aliphatic hydroxyl groups is 3. The second kappa shape index (κ2) is 21.0. The Labute approximate surface area is 264 Å². The van der Waals surface area contributed by atoms with Gasteiger partial charge < -0.3 is 48.6 Å². The number of carbonyl (C=O) groups excluding carboxylic acids is 4. The molecule has 1 heterocycles. The molecule has 0 aromatic rings. The van der Waals surface area contributed by atoms with E-state index in [-0.39, 0.29) is 19.8 Å². The molecule has 1 aliphatic rings. The summed E-state index contributed by atoms with van der Waals surface area (Å²) in [7, 11) is 0. The minimum atomic E-state index is -1.33. The summed E-state index contributed by atoms with van der Waals surface area (Å²) in [5.74, 6) is -2.84. The summed E-state index contributed by atoms with van der Waals surface area (Å²) in [4.78, 5) is 51.2. The molecule has 0 radical (unpaired) electrons.